The van der Waals surface area contributed by atoms with E-state index in [1.54, 1.807) is 11.5 Å². The molecule has 0 unspecified atom stereocenters. The van der Waals surface area contributed by atoms with Crippen molar-refractivity contribution in [2.24, 2.45) is 0 Å². The molecule has 7 nitrogen and oxygen atoms in total. The van der Waals surface area contributed by atoms with Gasteiger partial charge in [0.25, 0.3) is 0 Å². The van der Waals surface area contributed by atoms with Gasteiger partial charge in [0.15, 0.2) is 0 Å². The molecule has 8 heteroatoms. The average Bonchev–Trinajstić information content (AvgIpc) is 3.12. The van der Waals surface area contributed by atoms with Crippen LogP contribution in [0, 0.1) is 13.8 Å². The number of para-hydroxylation sites is 1. The second-order valence-corrected chi connectivity index (χ2v) is 9.59. The molecule has 1 aliphatic heterocycles. The predicted molar refractivity (Wildman–Crippen MR) is 129 cm³/mol. The largest absolute Gasteiger partial charge is 0.494 e. The van der Waals surface area contributed by atoms with Gasteiger partial charge in [-0.1, -0.05) is 24.3 Å². The molecule has 1 aromatic heterocycles. The Balaban J connectivity index is 1.81. The summed E-state index contributed by atoms with van der Waals surface area (Å²) in [4.78, 5) is 25.7. The molecule has 2 aromatic carbocycles. The van der Waals surface area contributed by atoms with Crippen LogP contribution in [0.3, 0.4) is 0 Å². The van der Waals surface area contributed by atoms with Gasteiger partial charge in [-0.25, -0.2) is 4.79 Å². The molecule has 4 rings (SSSR count). The van der Waals surface area contributed by atoms with Gasteiger partial charge in [0.2, 0.25) is 0 Å². The van der Waals surface area contributed by atoms with E-state index in [-0.39, 0.29) is 18.8 Å². The van der Waals surface area contributed by atoms with Crippen LogP contribution in [0.15, 0.2) is 41.2 Å². The summed E-state index contributed by atoms with van der Waals surface area (Å²) in [5.74, 6) is -0.437. The molecule has 1 saturated heterocycles. The average molecular weight is 450 g/mol. The Bertz CT molecular complexity index is 1270. The van der Waals surface area contributed by atoms with Crippen LogP contribution in [-0.4, -0.2) is 40.0 Å². The fourth-order valence-corrected chi connectivity index (χ4v) is 4.24. The van der Waals surface area contributed by atoms with Crippen LogP contribution >= 0.6 is 0 Å². The van der Waals surface area contributed by atoms with E-state index >= 15 is 0 Å². The van der Waals surface area contributed by atoms with Gasteiger partial charge < -0.3 is 14.0 Å². The van der Waals surface area contributed by atoms with Crippen LogP contribution in [0.1, 0.15) is 45.7 Å². The summed E-state index contributed by atoms with van der Waals surface area (Å²) >= 11 is 0. The Kier molecular flexibility index (Phi) is 5.79. The highest BCUT2D eigenvalue weighted by molar-refractivity contribution is 6.62. The van der Waals surface area contributed by atoms with Crippen LogP contribution in [0.25, 0.3) is 16.7 Å². The number of nitrogens with zero attached hydrogens (tertiary/aromatic N) is 2. The molecule has 0 N–H and O–H groups in total. The first-order chi connectivity index (χ1) is 15.5. The smallest absolute Gasteiger partial charge is 0.465 e. The first kappa shape index (κ1) is 23.3. The molecule has 3 aromatic rings. The summed E-state index contributed by atoms with van der Waals surface area (Å²) in [5, 5.41) is 0. The summed E-state index contributed by atoms with van der Waals surface area (Å²) in [6, 6.07) is 11.5. The summed E-state index contributed by atoms with van der Waals surface area (Å²) in [6.45, 7) is 13.9. The third-order valence-electron chi connectivity index (χ3n) is 6.73. The molecule has 1 fully saturated rings. The topological polar surface area (TPSA) is 71.7 Å². The van der Waals surface area contributed by atoms with Gasteiger partial charge >= 0.3 is 18.8 Å². The Morgan fingerprint density at radius 3 is 2.30 bits per heavy atom. The molecule has 1 aliphatic rings. The predicted octanol–water partition coefficient (Wildman–Crippen LogP) is 3.27. The summed E-state index contributed by atoms with van der Waals surface area (Å²) in [5.41, 5.74) is 3.83. The highest BCUT2D eigenvalue weighted by atomic mass is 16.7. The van der Waals surface area contributed by atoms with Gasteiger partial charge in [-0.15, -0.1) is 0 Å². The molecule has 0 amide bonds. The Morgan fingerprint density at radius 2 is 1.70 bits per heavy atom. The number of carbonyl (C=O) groups is 1. The van der Waals surface area contributed by atoms with Crippen LogP contribution in [-0.2, 0) is 25.4 Å². The maximum Gasteiger partial charge on any atom is 0.494 e. The van der Waals surface area contributed by atoms with E-state index < -0.39 is 24.3 Å². The van der Waals surface area contributed by atoms with Crippen molar-refractivity contribution in [3.8, 4) is 5.69 Å². The Morgan fingerprint density at radius 1 is 1.03 bits per heavy atom. The van der Waals surface area contributed by atoms with Crippen LogP contribution < -0.4 is 11.2 Å². The zero-order valence-corrected chi connectivity index (χ0v) is 20.4. The van der Waals surface area contributed by atoms with E-state index in [9.17, 15) is 9.59 Å². The van der Waals surface area contributed by atoms with Gasteiger partial charge in [0.05, 0.1) is 34.5 Å². The highest BCUT2D eigenvalue weighted by Crippen LogP contribution is 2.36. The maximum atomic E-state index is 13.5. The van der Waals surface area contributed by atoms with Gasteiger partial charge in [-0.2, -0.15) is 0 Å². The van der Waals surface area contributed by atoms with Gasteiger partial charge in [-0.05, 0) is 77.2 Å². The second kappa shape index (κ2) is 8.19. The number of hydrogen-bond acceptors (Lipinski definition) is 5. The van der Waals surface area contributed by atoms with Crippen molar-refractivity contribution in [3.63, 3.8) is 0 Å². The molecule has 0 aliphatic carbocycles. The summed E-state index contributed by atoms with van der Waals surface area (Å²) < 4.78 is 20.6. The van der Waals surface area contributed by atoms with Crippen molar-refractivity contribution in [1.82, 2.24) is 9.13 Å². The quantitative estimate of drug-likeness (QED) is 0.441. The minimum absolute atomic E-state index is 0.134. The minimum Gasteiger partial charge on any atom is -0.465 e. The van der Waals surface area contributed by atoms with E-state index in [4.69, 9.17) is 14.0 Å². The number of carbonyl (C=O) groups excluding carboxylic acids is 1. The molecule has 174 valence electrons. The lowest BCUT2D eigenvalue weighted by Crippen LogP contribution is -2.41. The van der Waals surface area contributed by atoms with Crippen LogP contribution in [0.5, 0.6) is 0 Å². The number of ether oxygens (including phenoxy) is 1. The Labute approximate surface area is 194 Å². The van der Waals surface area contributed by atoms with Crippen molar-refractivity contribution < 1.29 is 18.8 Å². The van der Waals surface area contributed by atoms with Crippen molar-refractivity contribution >= 4 is 29.6 Å². The number of benzene rings is 2. The molecule has 0 radical (unpaired) electrons. The second-order valence-electron chi connectivity index (χ2n) is 9.59. The number of hydrogen-bond donors (Lipinski definition) is 0. The van der Waals surface area contributed by atoms with Crippen molar-refractivity contribution in [2.45, 2.75) is 66.2 Å². The van der Waals surface area contributed by atoms with Crippen molar-refractivity contribution in [2.75, 3.05) is 6.61 Å². The minimum atomic E-state index is -0.480. The van der Waals surface area contributed by atoms with E-state index in [1.807, 2.05) is 77.9 Å². The zero-order valence-electron chi connectivity index (χ0n) is 20.4. The zero-order chi connectivity index (χ0) is 24.1. The van der Waals surface area contributed by atoms with Gasteiger partial charge in [-0.3, -0.25) is 13.9 Å². The number of aryl methyl sites for hydroxylation is 2. The maximum absolute atomic E-state index is 13.5. The molecule has 2 heterocycles. The molecule has 0 bridgehead atoms. The van der Waals surface area contributed by atoms with E-state index in [2.05, 4.69) is 0 Å². The lowest BCUT2D eigenvalue weighted by atomic mass is 9.78. The standard InChI is InChI=1S/C25H31BN2O5/c1-8-31-21(29)15-27-20-11-9-10-16(2)22(20)28(23(27)30)19-13-12-18(14-17(19)3)26-32-24(4,5)25(6,7)33-26/h9-14H,8,15H2,1-7H3. The number of aromatic nitrogens is 2. The SMILES string of the molecule is CCOC(=O)Cn1c(=O)n(-c2ccc(B3OC(C)(C)C(C)(C)O3)cc2C)c2c(C)cccc21. The van der Waals surface area contributed by atoms with Crippen LogP contribution in [0.4, 0.5) is 0 Å². The fourth-order valence-electron chi connectivity index (χ4n) is 4.24. The summed E-state index contributed by atoms with van der Waals surface area (Å²) in [7, 11) is -0.480. The van der Waals surface area contributed by atoms with Crippen LogP contribution in [0.2, 0.25) is 0 Å². The first-order valence-electron chi connectivity index (χ1n) is 11.3. The number of rotatable bonds is 5. The monoisotopic (exact) mass is 450 g/mol. The normalized spacial score (nSPS) is 17.0. The molecule has 0 atom stereocenters. The fraction of sp³-hybridized carbons (Fsp3) is 0.440. The number of imidazole rings is 1. The molecule has 0 saturated carbocycles. The van der Waals surface area contributed by atoms with E-state index in [1.165, 1.54) is 4.57 Å². The van der Waals surface area contributed by atoms with E-state index in [0.29, 0.717) is 5.52 Å². The molecule has 0 spiro atoms. The third kappa shape index (κ3) is 3.91. The summed E-state index contributed by atoms with van der Waals surface area (Å²) in [6.07, 6.45) is 0. The third-order valence-corrected chi connectivity index (χ3v) is 6.73. The number of fused-ring (bicyclic) bond motifs is 1. The van der Waals surface area contributed by atoms with Gasteiger partial charge in [0, 0.05) is 0 Å². The van der Waals surface area contributed by atoms with Gasteiger partial charge in [0.1, 0.15) is 6.54 Å². The lowest BCUT2D eigenvalue weighted by Gasteiger charge is -2.32. The Hall–Kier alpha value is -2.84. The molecular weight excluding hydrogens is 419 g/mol. The first-order valence-corrected chi connectivity index (χ1v) is 11.3. The van der Waals surface area contributed by atoms with Crippen molar-refractivity contribution in [3.05, 3.63) is 58.0 Å². The highest BCUT2D eigenvalue weighted by Gasteiger charge is 2.51. The van der Waals surface area contributed by atoms with Crippen molar-refractivity contribution in [1.29, 1.82) is 0 Å². The lowest BCUT2D eigenvalue weighted by molar-refractivity contribution is -0.143. The number of esters is 1. The molecular formula is C25H31BN2O5. The molecule has 33 heavy (non-hydrogen) atoms. The van der Waals surface area contributed by atoms with E-state index in [0.717, 1.165) is 27.8 Å².